The second kappa shape index (κ2) is 8.41. The molecule has 0 spiro atoms. The van der Waals surface area contributed by atoms with E-state index in [2.05, 4.69) is 12.2 Å². The molecule has 0 amide bonds. The van der Waals surface area contributed by atoms with Gasteiger partial charge in [-0.2, -0.15) is 0 Å². The smallest absolute Gasteiger partial charge is 0.0394 e. The van der Waals surface area contributed by atoms with Gasteiger partial charge in [0.05, 0.1) is 0 Å². The van der Waals surface area contributed by atoms with Gasteiger partial charge in [0.15, 0.2) is 0 Å². The van der Waals surface area contributed by atoms with Crippen molar-refractivity contribution in [2.24, 2.45) is 5.92 Å². The predicted octanol–water partition coefficient (Wildman–Crippen LogP) is 3.63. The van der Waals surface area contributed by atoms with E-state index in [1.807, 2.05) is 0 Å². The van der Waals surface area contributed by atoms with Crippen molar-refractivity contribution >= 4 is 10.8 Å². The van der Waals surface area contributed by atoms with Crippen LogP contribution in [0.3, 0.4) is 0 Å². The largest absolute Gasteiger partial charge is 0.313 e. The van der Waals surface area contributed by atoms with Gasteiger partial charge in [-0.1, -0.05) is 39.0 Å². The molecular formula is C16H31NOS. The Morgan fingerprint density at radius 3 is 2.32 bits per heavy atom. The van der Waals surface area contributed by atoms with Crippen molar-refractivity contribution in [2.45, 2.75) is 82.4 Å². The first kappa shape index (κ1) is 15.5. The first-order valence-electron chi connectivity index (χ1n) is 8.41. The van der Waals surface area contributed by atoms with Crippen LogP contribution in [-0.2, 0) is 10.8 Å². The van der Waals surface area contributed by atoms with Crippen molar-refractivity contribution in [1.82, 2.24) is 5.32 Å². The average Bonchev–Trinajstić information content (AvgIpc) is 2.98. The van der Waals surface area contributed by atoms with E-state index in [0.29, 0.717) is 11.3 Å². The lowest BCUT2D eigenvalue weighted by Crippen LogP contribution is -2.43. The highest BCUT2D eigenvalue weighted by Gasteiger charge is 2.28. The maximum absolute atomic E-state index is 12.5. The number of hydrogen-bond acceptors (Lipinski definition) is 2. The highest BCUT2D eigenvalue weighted by atomic mass is 32.2. The van der Waals surface area contributed by atoms with E-state index in [1.54, 1.807) is 0 Å². The summed E-state index contributed by atoms with van der Waals surface area (Å²) in [6.07, 6.45) is 13.1. The van der Waals surface area contributed by atoms with Crippen molar-refractivity contribution in [1.29, 1.82) is 0 Å². The second-order valence-electron chi connectivity index (χ2n) is 6.41. The van der Waals surface area contributed by atoms with Gasteiger partial charge in [-0.25, -0.2) is 0 Å². The molecule has 0 aromatic rings. The molecule has 19 heavy (non-hydrogen) atoms. The normalized spacial score (nSPS) is 25.5. The molecule has 2 unspecified atom stereocenters. The molecule has 0 aromatic carbocycles. The third-order valence-electron chi connectivity index (χ3n) is 4.89. The van der Waals surface area contributed by atoms with Crippen LogP contribution < -0.4 is 5.32 Å². The van der Waals surface area contributed by atoms with E-state index in [4.69, 9.17) is 0 Å². The number of rotatable bonds is 7. The highest BCUT2D eigenvalue weighted by molar-refractivity contribution is 7.85. The van der Waals surface area contributed by atoms with Crippen LogP contribution in [-0.4, -0.2) is 27.8 Å². The lowest BCUT2D eigenvalue weighted by molar-refractivity contribution is 0.284. The van der Waals surface area contributed by atoms with Crippen molar-refractivity contribution in [3.63, 3.8) is 0 Å². The molecule has 0 saturated heterocycles. The second-order valence-corrected chi connectivity index (χ2v) is 8.17. The number of hydrogen-bond donors (Lipinski definition) is 1. The van der Waals surface area contributed by atoms with Gasteiger partial charge in [0.2, 0.25) is 0 Å². The summed E-state index contributed by atoms with van der Waals surface area (Å²) in [5.74, 6) is 1.70. The van der Waals surface area contributed by atoms with Gasteiger partial charge < -0.3 is 5.32 Å². The topological polar surface area (TPSA) is 29.1 Å². The fourth-order valence-corrected chi connectivity index (χ4v) is 5.57. The predicted molar refractivity (Wildman–Crippen MR) is 83.9 cm³/mol. The van der Waals surface area contributed by atoms with Gasteiger partial charge in [-0.05, 0) is 44.6 Å². The Morgan fingerprint density at radius 1 is 1.05 bits per heavy atom. The Hall–Kier alpha value is 0.110. The van der Waals surface area contributed by atoms with Crippen LogP contribution in [0.25, 0.3) is 0 Å². The average molecular weight is 285 g/mol. The van der Waals surface area contributed by atoms with E-state index >= 15 is 0 Å². The fraction of sp³-hybridized carbons (Fsp3) is 1.00. The standard InChI is InChI=1S/C16H31NOS/c1-2-12-17-16(14-8-4-3-5-9-14)13-19(18)15-10-6-7-11-15/h14-17H,2-13H2,1H3. The van der Waals surface area contributed by atoms with Gasteiger partial charge in [0.1, 0.15) is 0 Å². The molecule has 2 nitrogen and oxygen atoms in total. The molecule has 0 aromatic heterocycles. The lowest BCUT2D eigenvalue weighted by Gasteiger charge is -2.31. The fourth-order valence-electron chi connectivity index (χ4n) is 3.69. The summed E-state index contributed by atoms with van der Waals surface area (Å²) in [6, 6.07) is 0.515. The molecule has 1 N–H and O–H groups in total. The van der Waals surface area contributed by atoms with Gasteiger partial charge in [0, 0.05) is 27.8 Å². The molecule has 0 radical (unpaired) electrons. The Balaban J connectivity index is 1.86. The van der Waals surface area contributed by atoms with Crippen molar-refractivity contribution in [3.8, 4) is 0 Å². The van der Waals surface area contributed by atoms with Crippen LogP contribution in [0.5, 0.6) is 0 Å². The monoisotopic (exact) mass is 285 g/mol. The third-order valence-corrected chi connectivity index (χ3v) is 6.80. The maximum atomic E-state index is 12.5. The van der Waals surface area contributed by atoms with Crippen LogP contribution >= 0.6 is 0 Å². The van der Waals surface area contributed by atoms with E-state index in [-0.39, 0.29) is 0 Å². The lowest BCUT2D eigenvalue weighted by atomic mass is 9.84. The molecule has 2 aliphatic carbocycles. The van der Waals surface area contributed by atoms with Crippen molar-refractivity contribution in [3.05, 3.63) is 0 Å². The zero-order valence-electron chi connectivity index (χ0n) is 12.5. The summed E-state index contributed by atoms with van der Waals surface area (Å²) < 4.78 is 12.5. The van der Waals surface area contributed by atoms with E-state index in [1.165, 1.54) is 64.2 Å². The number of nitrogens with one attached hydrogen (secondary N) is 1. The van der Waals surface area contributed by atoms with E-state index < -0.39 is 10.8 Å². The molecule has 112 valence electrons. The SMILES string of the molecule is CCCNC(CS(=O)C1CCCC1)C1CCCCC1. The van der Waals surface area contributed by atoms with E-state index in [9.17, 15) is 4.21 Å². The summed E-state index contributed by atoms with van der Waals surface area (Å²) in [5, 5.41) is 4.21. The van der Waals surface area contributed by atoms with Crippen LogP contribution in [0, 0.1) is 5.92 Å². The van der Waals surface area contributed by atoms with Crippen LogP contribution in [0.1, 0.15) is 71.1 Å². The minimum Gasteiger partial charge on any atom is -0.313 e. The summed E-state index contributed by atoms with van der Waals surface area (Å²) in [6.45, 7) is 3.31. The minimum atomic E-state index is -0.593. The molecule has 2 saturated carbocycles. The first-order valence-corrected chi connectivity index (χ1v) is 9.80. The van der Waals surface area contributed by atoms with Crippen LogP contribution in [0.15, 0.2) is 0 Å². The third kappa shape index (κ3) is 4.86. The summed E-state index contributed by atoms with van der Waals surface area (Å²) in [7, 11) is -0.593. The van der Waals surface area contributed by atoms with Gasteiger partial charge in [-0.15, -0.1) is 0 Å². The zero-order valence-corrected chi connectivity index (χ0v) is 13.4. The summed E-state index contributed by atoms with van der Waals surface area (Å²) in [5.41, 5.74) is 0. The van der Waals surface area contributed by atoms with Crippen LogP contribution in [0.4, 0.5) is 0 Å². The highest BCUT2D eigenvalue weighted by Crippen LogP contribution is 2.29. The maximum Gasteiger partial charge on any atom is 0.0394 e. The molecule has 2 aliphatic rings. The molecule has 2 atom stereocenters. The molecule has 3 heteroatoms. The van der Waals surface area contributed by atoms with Crippen LogP contribution in [0.2, 0.25) is 0 Å². The van der Waals surface area contributed by atoms with Gasteiger partial charge in [-0.3, -0.25) is 4.21 Å². The Morgan fingerprint density at radius 2 is 1.68 bits per heavy atom. The van der Waals surface area contributed by atoms with E-state index in [0.717, 1.165) is 18.2 Å². The molecule has 0 bridgehead atoms. The van der Waals surface area contributed by atoms with Crippen molar-refractivity contribution < 1.29 is 4.21 Å². The molecule has 2 rings (SSSR count). The minimum absolute atomic E-state index is 0.509. The molecule has 2 fully saturated rings. The summed E-state index contributed by atoms with van der Waals surface area (Å²) >= 11 is 0. The zero-order chi connectivity index (χ0) is 13.5. The van der Waals surface area contributed by atoms with Gasteiger partial charge in [0.25, 0.3) is 0 Å². The van der Waals surface area contributed by atoms with Crippen molar-refractivity contribution in [2.75, 3.05) is 12.3 Å². The quantitative estimate of drug-likeness (QED) is 0.774. The molecular weight excluding hydrogens is 254 g/mol. The molecule has 0 heterocycles. The molecule has 0 aliphatic heterocycles. The summed E-state index contributed by atoms with van der Waals surface area (Å²) in [4.78, 5) is 0. The first-order chi connectivity index (χ1) is 9.31. The Bertz CT molecular complexity index is 270. The van der Waals surface area contributed by atoms with Gasteiger partial charge >= 0.3 is 0 Å². The Labute approximate surface area is 121 Å². The Kier molecular flexibility index (Phi) is 6.86.